The average molecular weight is 565 g/mol. The highest BCUT2D eigenvalue weighted by Crippen LogP contribution is 2.23. The van der Waals surface area contributed by atoms with Gasteiger partial charge in [0.05, 0.1) is 12.6 Å². The molecule has 0 spiro atoms. The van der Waals surface area contributed by atoms with E-state index in [1.807, 2.05) is 63.4 Å². The number of methoxy groups -OCH3 is 1. The number of rotatable bonds is 15. The van der Waals surface area contributed by atoms with E-state index < -0.39 is 6.04 Å². The summed E-state index contributed by atoms with van der Waals surface area (Å²) in [6.45, 7) is 11.8. The molecule has 1 unspecified atom stereocenters. The predicted molar refractivity (Wildman–Crippen MR) is 166 cm³/mol. The monoisotopic (exact) mass is 564 g/mol. The molecule has 2 N–H and O–H groups in total. The zero-order valence-electron chi connectivity index (χ0n) is 25.6. The van der Waals surface area contributed by atoms with Gasteiger partial charge in [0.25, 0.3) is 0 Å². The first-order valence-corrected chi connectivity index (χ1v) is 14.6. The Balaban J connectivity index is 0.00000287. The molecule has 1 aliphatic heterocycles. The molecular weight excluding hydrogens is 516 g/mol. The molecule has 8 nitrogen and oxygen atoms in total. The van der Waals surface area contributed by atoms with Gasteiger partial charge >= 0.3 is 0 Å². The van der Waals surface area contributed by atoms with Crippen molar-refractivity contribution < 1.29 is 19.1 Å². The lowest BCUT2D eigenvalue weighted by molar-refractivity contribution is -0.122. The number of ether oxygens (including phenoxy) is 2. The smallest absolute Gasteiger partial charge is 0.236 e. The summed E-state index contributed by atoms with van der Waals surface area (Å²) in [5.41, 5.74) is 5.39. The summed E-state index contributed by atoms with van der Waals surface area (Å²) in [5.74, 6) is 0.673. The summed E-state index contributed by atoms with van der Waals surface area (Å²) in [4.78, 5) is 30.1. The number of carbonyl (C=O) groups is 2. The average Bonchev–Trinajstić information content (AvgIpc) is 3.44. The summed E-state index contributed by atoms with van der Waals surface area (Å²) >= 11 is 0. The molecule has 1 fully saturated rings. The molecule has 0 aliphatic carbocycles. The van der Waals surface area contributed by atoms with E-state index >= 15 is 0 Å². The molecule has 1 amide bonds. The zero-order valence-corrected chi connectivity index (χ0v) is 25.6. The van der Waals surface area contributed by atoms with Gasteiger partial charge in [-0.2, -0.15) is 0 Å². The molecule has 1 heterocycles. The molecule has 1 saturated heterocycles. The Morgan fingerprint density at radius 3 is 2.59 bits per heavy atom. The lowest BCUT2D eigenvalue weighted by Gasteiger charge is -2.20. The van der Waals surface area contributed by atoms with Crippen LogP contribution >= 0.6 is 0 Å². The topological polar surface area (TPSA) is 92.3 Å². The number of benzene rings is 2. The van der Waals surface area contributed by atoms with Crippen molar-refractivity contribution in [2.75, 3.05) is 33.8 Å². The Morgan fingerprint density at radius 1 is 1.15 bits per heavy atom. The number of hydrogen-bond acceptors (Lipinski definition) is 7. The van der Waals surface area contributed by atoms with Crippen LogP contribution in [0.4, 0.5) is 0 Å². The molecule has 3 rings (SSSR count). The Hall–Kier alpha value is -3.33. The molecule has 0 bridgehead atoms. The molecule has 1 aliphatic rings. The van der Waals surface area contributed by atoms with Gasteiger partial charge in [0.2, 0.25) is 5.91 Å². The normalized spacial score (nSPS) is 16.5. The molecule has 41 heavy (non-hydrogen) atoms. The number of carbonyl (C=O) groups excluding carboxylic acids is 2. The molecule has 2 aromatic carbocycles. The van der Waals surface area contributed by atoms with Gasteiger partial charge in [0, 0.05) is 58.7 Å². The number of likely N-dealkylation sites (N-methyl/N-ethyl adjacent to an activating group) is 1. The van der Waals surface area contributed by atoms with Crippen LogP contribution in [-0.4, -0.2) is 68.7 Å². The molecular formula is C33H48N4O4. The van der Waals surface area contributed by atoms with Crippen LogP contribution in [0.25, 0.3) is 0 Å². The van der Waals surface area contributed by atoms with Crippen LogP contribution in [-0.2, 0) is 27.5 Å². The molecule has 0 saturated carbocycles. The van der Waals surface area contributed by atoms with Crippen LogP contribution < -0.4 is 15.4 Å². The fourth-order valence-electron chi connectivity index (χ4n) is 4.69. The van der Waals surface area contributed by atoms with Crippen molar-refractivity contribution in [2.24, 2.45) is 4.99 Å². The van der Waals surface area contributed by atoms with Crippen LogP contribution in [0.1, 0.15) is 63.6 Å². The molecule has 2 atom stereocenters. The van der Waals surface area contributed by atoms with Crippen LogP contribution in [0.5, 0.6) is 5.75 Å². The van der Waals surface area contributed by atoms with E-state index in [9.17, 15) is 9.59 Å². The standard InChI is InChI=1S/C31H42N4O4.C2H6/c1-23(18-33-24(2)25-9-6-5-7-10-25)20-35-15-14-29(21-35)39-28-13-12-26(22-38-4)27(17-28)19-34-30(11-8-16-36)31(37)32-3;1-2/h5-7,9-10,12-13,16-18,29-30,34H,8,11,14-15,19-22H2,1-4H3,(H,32,37);1-2H3/b23-18+,33-24?;/t29-,30?;/m0./s1. The van der Waals surface area contributed by atoms with Crippen LogP contribution in [0, 0.1) is 0 Å². The maximum atomic E-state index is 12.2. The third kappa shape index (κ3) is 11.6. The number of aliphatic imine (C=N–C) groups is 1. The van der Waals surface area contributed by atoms with Crippen LogP contribution in [0.3, 0.4) is 0 Å². The number of nitrogens with zero attached hydrogens (tertiary/aromatic N) is 2. The first-order valence-electron chi connectivity index (χ1n) is 14.6. The van der Waals surface area contributed by atoms with Gasteiger partial charge < -0.3 is 24.9 Å². The van der Waals surface area contributed by atoms with Crippen molar-refractivity contribution in [2.45, 2.75) is 72.3 Å². The van der Waals surface area contributed by atoms with Crippen molar-refractivity contribution in [1.29, 1.82) is 0 Å². The Bertz CT molecular complexity index is 1130. The first-order chi connectivity index (χ1) is 19.9. The van der Waals surface area contributed by atoms with Crippen molar-refractivity contribution in [3.05, 3.63) is 77.0 Å². The summed E-state index contributed by atoms with van der Waals surface area (Å²) < 4.78 is 11.8. The van der Waals surface area contributed by atoms with E-state index in [1.54, 1.807) is 14.2 Å². The summed E-state index contributed by atoms with van der Waals surface area (Å²) in [7, 11) is 3.26. The van der Waals surface area contributed by atoms with E-state index in [4.69, 9.17) is 9.47 Å². The van der Waals surface area contributed by atoms with Gasteiger partial charge in [-0.05, 0) is 61.1 Å². The fraction of sp³-hybridized carbons (Fsp3) is 0.485. The highest BCUT2D eigenvalue weighted by Gasteiger charge is 2.24. The van der Waals surface area contributed by atoms with E-state index in [0.29, 0.717) is 26.0 Å². The van der Waals surface area contributed by atoms with Gasteiger partial charge in [0.1, 0.15) is 18.1 Å². The van der Waals surface area contributed by atoms with Crippen molar-refractivity contribution in [3.8, 4) is 5.75 Å². The van der Waals surface area contributed by atoms with Gasteiger partial charge in [-0.15, -0.1) is 0 Å². The maximum absolute atomic E-state index is 12.2. The highest BCUT2D eigenvalue weighted by atomic mass is 16.5. The highest BCUT2D eigenvalue weighted by molar-refractivity contribution is 5.99. The lowest BCUT2D eigenvalue weighted by atomic mass is 10.1. The SMILES string of the molecule is CC.CNC(=O)C(CCC=O)NCc1cc(O[C@H]2CCN(C/C(C)=C/N=C(C)c3ccccc3)C2)ccc1COC. The van der Waals surface area contributed by atoms with E-state index in [2.05, 4.69) is 39.6 Å². The Labute approximate surface area is 246 Å². The Morgan fingerprint density at radius 2 is 1.90 bits per heavy atom. The molecule has 0 radical (unpaired) electrons. The number of amides is 1. The maximum Gasteiger partial charge on any atom is 0.236 e. The quantitative estimate of drug-likeness (QED) is 0.236. The van der Waals surface area contributed by atoms with Gasteiger partial charge in [-0.25, -0.2) is 0 Å². The minimum Gasteiger partial charge on any atom is -0.489 e. The third-order valence-electron chi connectivity index (χ3n) is 6.83. The van der Waals surface area contributed by atoms with Crippen molar-refractivity contribution in [1.82, 2.24) is 15.5 Å². The summed E-state index contributed by atoms with van der Waals surface area (Å²) in [6.07, 6.45) is 4.63. The van der Waals surface area contributed by atoms with Gasteiger partial charge in [-0.1, -0.05) is 50.2 Å². The van der Waals surface area contributed by atoms with Gasteiger partial charge in [0.15, 0.2) is 0 Å². The molecule has 8 heteroatoms. The van der Waals surface area contributed by atoms with E-state index in [1.165, 1.54) is 5.57 Å². The summed E-state index contributed by atoms with van der Waals surface area (Å²) in [6, 6.07) is 15.8. The van der Waals surface area contributed by atoms with Crippen molar-refractivity contribution in [3.63, 3.8) is 0 Å². The third-order valence-corrected chi connectivity index (χ3v) is 6.83. The number of nitrogens with one attached hydrogen (secondary N) is 2. The predicted octanol–water partition coefficient (Wildman–Crippen LogP) is 4.91. The van der Waals surface area contributed by atoms with E-state index in [0.717, 1.165) is 60.5 Å². The molecule has 224 valence electrons. The first kappa shape index (κ1) is 33.9. The molecule has 0 aromatic heterocycles. The summed E-state index contributed by atoms with van der Waals surface area (Å²) in [5, 5.41) is 5.96. The van der Waals surface area contributed by atoms with Crippen molar-refractivity contribution >= 4 is 17.9 Å². The largest absolute Gasteiger partial charge is 0.489 e. The number of aldehydes is 1. The van der Waals surface area contributed by atoms with Crippen LogP contribution in [0.2, 0.25) is 0 Å². The van der Waals surface area contributed by atoms with Crippen LogP contribution in [0.15, 0.2) is 65.3 Å². The number of likely N-dealkylation sites (tertiary alicyclic amines) is 1. The van der Waals surface area contributed by atoms with Gasteiger partial charge in [-0.3, -0.25) is 14.7 Å². The zero-order chi connectivity index (χ0) is 30.0. The Kier molecular flexibility index (Phi) is 15.6. The fourth-order valence-corrected chi connectivity index (χ4v) is 4.69. The minimum absolute atomic E-state index is 0.104. The number of hydrogen-bond donors (Lipinski definition) is 2. The second kappa shape index (κ2) is 18.9. The minimum atomic E-state index is -0.444. The van der Waals surface area contributed by atoms with E-state index in [-0.39, 0.29) is 12.0 Å². The second-order valence-corrected chi connectivity index (χ2v) is 9.97. The lowest BCUT2D eigenvalue weighted by Crippen LogP contribution is -2.42. The molecule has 2 aromatic rings. The second-order valence-electron chi connectivity index (χ2n) is 9.97.